The van der Waals surface area contributed by atoms with Gasteiger partial charge in [0, 0.05) is 6.07 Å². The van der Waals surface area contributed by atoms with Gasteiger partial charge in [-0.3, -0.25) is 9.59 Å². The first kappa shape index (κ1) is 23.1. The van der Waals surface area contributed by atoms with Crippen LogP contribution in [0.3, 0.4) is 0 Å². The smallest absolute Gasteiger partial charge is 0.282 e. The third kappa shape index (κ3) is 4.03. The summed E-state index contributed by atoms with van der Waals surface area (Å²) < 4.78 is 10.8. The minimum Gasteiger partial charge on any atom is -0.497 e. The number of amides is 2. The monoisotopic (exact) mass is 456 g/mol. The highest BCUT2D eigenvalue weighted by molar-refractivity contribution is 6.46. The van der Waals surface area contributed by atoms with Crippen molar-refractivity contribution in [1.29, 1.82) is 0 Å². The number of benzene rings is 3. The van der Waals surface area contributed by atoms with Crippen molar-refractivity contribution in [1.82, 2.24) is 0 Å². The molecule has 1 N–H and O–H groups in total. The zero-order valence-electron chi connectivity index (χ0n) is 20.3. The lowest BCUT2D eigenvalue weighted by atomic mass is 9.99. The quantitative estimate of drug-likeness (QED) is 0.508. The van der Waals surface area contributed by atoms with Gasteiger partial charge in [-0.15, -0.1) is 0 Å². The maximum absolute atomic E-state index is 13.8. The summed E-state index contributed by atoms with van der Waals surface area (Å²) in [5, 5.41) is 3.19. The number of ether oxygens (including phenoxy) is 2. The number of hydrogen-bond donors (Lipinski definition) is 1. The van der Waals surface area contributed by atoms with Gasteiger partial charge in [0.05, 0.1) is 31.2 Å². The highest BCUT2D eigenvalue weighted by Crippen LogP contribution is 2.38. The van der Waals surface area contributed by atoms with Gasteiger partial charge in [0.15, 0.2) is 0 Å². The SMILES string of the molecule is COc1ccc(OC)c(NC2=C(c3ccc(C)c(C)c3)C(=O)N(c3ccc(C)cc3C)C2=O)c1. The zero-order chi connectivity index (χ0) is 24.6. The number of nitrogens with one attached hydrogen (secondary N) is 1. The molecule has 0 bridgehead atoms. The topological polar surface area (TPSA) is 67.9 Å². The molecule has 3 aromatic carbocycles. The Morgan fingerprint density at radius 2 is 1.50 bits per heavy atom. The Bertz CT molecular complexity index is 1340. The molecule has 0 fully saturated rings. The highest BCUT2D eigenvalue weighted by atomic mass is 16.5. The fraction of sp³-hybridized carbons (Fsp3) is 0.214. The van der Waals surface area contributed by atoms with E-state index < -0.39 is 5.91 Å². The van der Waals surface area contributed by atoms with E-state index in [0.29, 0.717) is 34.0 Å². The Labute approximate surface area is 199 Å². The molecule has 0 spiro atoms. The van der Waals surface area contributed by atoms with Gasteiger partial charge in [0.1, 0.15) is 17.2 Å². The van der Waals surface area contributed by atoms with Crippen molar-refractivity contribution in [2.24, 2.45) is 0 Å². The maximum Gasteiger partial charge on any atom is 0.282 e. The zero-order valence-corrected chi connectivity index (χ0v) is 20.3. The Balaban J connectivity index is 1.89. The third-order valence-electron chi connectivity index (χ3n) is 6.14. The number of methoxy groups -OCH3 is 2. The molecule has 0 saturated carbocycles. The molecule has 6 heteroatoms. The summed E-state index contributed by atoms with van der Waals surface area (Å²) in [6.07, 6.45) is 0. The number of aryl methyl sites for hydroxylation is 4. The van der Waals surface area contributed by atoms with Crippen LogP contribution in [0.15, 0.2) is 60.3 Å². The van der Waals surface area contributed by atoms with Gasteiger partial charge in [0.25, 0.3) is 11.8 Å². The molecule has 3 aromatic rings. The van der Waals surface area contributed by atoms with E-state index >= 15 is 0 Å². The van der Waals surface area contributed by atoms with E-state index in [4.69, 9.17) is 9.47 Å². The van der Waals surface area contributed by atoms with Gasteiger partial charge in [0.2, 0.25) is 0 Å². The first-order valence-corrected chi connectivity index (χ1v) is 11.0. The molecular formula is C28H28N2O4. The molecule has 174 valence electrons. The summed E-state index contributed by atoms with van der Waals surface area (Å²) in [7, 11) is 3.12. The van der Waals surface area contributed by atoms with Crippen molar-refractivity contribution in [3.8, 4) is 11.5 Å². The van der Waals surface area contributed by atoms with Gasteiger partial charge in [-0.2, -0.15) is 0 Å². The van der Waals surface area contributed by atoms with E-state index in [1.165, 1.54) is 4.90 Å². The van der Waals surface area contributed by atoms with Gasteiger partial charge < -0.3 is 14.8 Å². The first-order chi connectivity index (χ1) is 16.2. The highest BCUT2D eigenvalue weighted by Gasteiger charge is 2.41. The normalized spacial score (nSPS) is 13.5. The van der Waals surface area contributed by atoms with Crippen LogP contribution >= 0.6 is 0 Å². The number of imide groups is 1. The second-order valence-electron chi connectivity index (χ2n) is 8.48. The van der Waals surface area contributed by atoms with Gasteiger partial charge in [-0.1, -0.05) is 35.9 Å². The lowest BCUT2D eigenvalue weighted by Crippen LogP contribution is -2.33. The fourth-order valence-corrected chi connectivity index (χ4v) is 4.13. The summed E-state index contributed by atoms with van der Waals surface area (Å²) in [5.41, 5.74) is 6.34. The van der Waals surface area contributed by atoms with Crippen molar-refractivity contribution in [3.63, 3.8) is 0 Å². The number of carbonyl (C=O) groups excluding carboxylic acids is 2. The lowest BCUT2D eigenvalue weighted by molar-refractivity contribution is -0.120. The Morgan fingerprint density at radius 1 is 0.735 bits per heavy atom. The second kappa shape index (κ2) is 9.06. The van der Waals surface area contributed by atoms with Crippen molar-refractivity contribution >= 4 is 28.8 Å². The number of rotatable bonds is 6. The molecule has 34 heavy (non-hydrogen) atoms. The fourth-order valence-electron chi connectivity index (χ4n) is 4.13. The molecule has 0 atom stereocenters. The Hall–Kier alpha value is -4.06. The van der Waals surface area contributed by atoms with Gasteiger partial charge >= 0.3 is 0 Å². The summed E-state index contributed by atoms with van der Waals surface area (Å²) in [6.45, 7) is 7.87. The number of hydrogen-bond acceptors (Lipinski definition) is 5. The van der Waals surface area contributed by atoms with Crippen LogP contribution in [0.2, 0.25) is 0 Å². The molecule has 0 unspecified atom stereocenters. The average Bonchev–Trinajstić information content (AvgIpc) is 3.05. The van der Waals surface area contributed by atoms with E-state index in [1.807, 2.05) is 64.1 Å². The maximum atomic E-state index is 13.8. The van der Waals surface area contributed by atoms with Crippen LogP contribution in [-0.4, -0.2) is 26.0 Å². The molecule has 6 nitrogen and oxygen atoms in total. The summed E-state index contributed by atoms with van der Waals surface area (Å²) >= 11 is 0. The van der Waals surface area contributed by atoms with E-state index in [0.717, 1.165) is 22.3 Å². The minimum absolute atomic E-state index is 0.194. The number of carbonyl (C=O) groups is 2. The molecule has 0 aliphatic carbocycles. The van der Waals surface area contributed by atoms with E-state index in [2.05, 4.69) is 5.32 Å². The third-order valence-corrected chi connectivity index (χ3v) is 6.14. The Morgan fingerprint density at radius 3 is 2.15 bits per heavy atom. The molecule has 0 aromatic heterocycles. The number of anilines is 2. The number of nitrogens with zero attached hydrogens (tertiary/aromatic N) is 1. The van der Waals surface area contributed by atoms with E-state index in [1.54, 1.807) is 32.4 Å². The van der Waals surface area contributed by atoms with Crippen molar-refractivity contribution in [2.45, 2.75) is 27.7 Å². The summed E-state index contributed by atoms with van der Waals surface area (Å²) in [6, 6.07) is 16.7. The van der Waals surface area contributed by atoms with Crippen LogP contribution < -0.4 is 19.7 Å². The van der Waals surface area contributed by atoms with Crippen LogP contribution in [-0.2, 0) is 9.59 Å². The van der Waals surface area contributed by atoms with Gasteiger partial charge in [-0.25, -0.2) is 4.90 Å². The van der Waals surface area contributed by atoms with Crippen molar-refractivity contribution in [3.05, 3.63) is 88.1 Å². The second-order valence-corrected chi connectivity index (χ2v) is 8.48. The summed E-state index contributed by atoms with van der Waals surface area (Å²) in [4.78, 5) is 28.8. The summed E-state index contributed by atoms with van der Waals surface area (Å²) in [5.74, 6) is 0.331. The van der Waals surface area contributed by atoms with Crippen molar-refractivity contribution < 1.29 is 19.1 Å². The standard InChI is InChI=1S/C28H28N2O4/c1-16-7-11-23(19(4)13-16)30-27(31)25(20-9-8-17(2)18(3)14-20)26(28(30)32)29-22-15-21(33-5)10-12-24(22)34-6/h7-15,29H,1-6H3. The molecule has 1 aliphatic heterocycles. The van der Waals surface area contributed by atoms with Crippen molar-refractivity contribution in [2.75, 3.05) is 24.4 Å². The Kier molecular flexibility index (Phi) is 6.16. The molecule has 2 amide bonds. The van der Waals surface area contributed by atoms with E-state index in [9.17, 15) is 9.59 Å². The molecule has 0 radical (unpaired) electrons. The first-order valence-electron chi connectivity index (χ1n) is 11.0. The van der Waals surface area contributed by atoms with Crippen LogP contribution in [0.25, 0.3) is 5.57 Å². The molecule has 1 heterocycles. The van der Waals surface area contributed by atoms with Crippen LogP contribution in [0, 0.1) is 27.7 Å². The lowest BCUT2D eigenvalue weighted by Gasteiger charge is -2.18. The predicted molar refractivity (Wildman–Crippen MR) is 134 cm³/mol. The molecule has 0 saturated heterocycles. The molecular weight excluding hydrogens is 428 g/mol. The molecule has 1 aliphatic rings. The van der Waals surface area contributed by atoms with Crippen LogP contribution in [0.4, 0.5) is 11.4 Å². The minimum atomic E-state index is -0.421. The van der Waals surface area contributed by atoms with Crippen LogP contribution in [0.1, 0.15) is 27.8 Å². The molecule has 4 rings (SSSR count). The van der Waals surface area contributed by atoms with Crippen LogP contribution in [0.5, 0.6) is 11.5 Å². The predicted octanol–water partition coefficient (Wildman–Crippen LogP) is 5.33. The van der Waals surface area contributed by atoms with Gasteiger partial charge in [-0.05, 0) is 68.1 Å². The average molecular weight is 457 g/mol. The van der Waals surface area contributed by atoms with E-state index in [-0.39, 0.29) is 11.6 Å². The largest absolute Gasteiger partial charge is 0.497 e.